The van der Waals surface area contributed by atoms with Gasteiger partial charge in [0, 0.05) is 12.5 Å². The predicted octanol–water partition coefficient (Wildman–Crippen LogP) is 2.32. The Morgan fingerprint density at radius 3 is 2.57 bits per heavy atom. The maximum absolute atomic E-state index is 12.5. The number of carbonyl (C=O) groups is 1. The summed E-state index contributed by atoms with van der Waals surface area (Å²) in [5.74, 6) is 0.491. The van der Waals surface area contributed by atoms with Crippen LogP contribution < -0.4 is 9.46 Å². The van der Waals surface area contributed by atoms with Crippen LogP contribution in [0.5, 0.6) is 5.75 Å². The number of aromatic nitrogens is 2. The molecule has 2 aromatic rings. The molecule has 1 heterocycles. The quantitative estimate of drug-likeness (QED) is 0.624. The van der Waals surface area contributed by atoms with Crippen molar-refractivity contribution in [1.82, 2.24) is 14.9 Å². The Kier molecular flexibility index (Phi) is 7.14. The molecule has 0 fully saturated rings. The first kappa shape index (κ1) is 21.8. The van der Waals surface area contributed by atoms with Gasteiger partial charge in [-0.05, 0) is 38.0 Å². The van der Waals surface area contributed by atoms with E-state index < -0.39 is 16.0 Å². The van der Waals surface area contributed by atoms with Crippen molar-refractivity contribution in [2.24, 2.45) is 5.92 Å². The summed E-state index contributed by atoms with van der Waals surface area (Å²) in [5.41, 5.74) is 0.0619. The molecule has 0 aliphatic carbocycles. The van der Waals surface area contributed by atoms with E-state index in [4.69, 9.17) is 14.0 Å². The third kappa shape index (κ3) is 5.77. The van der Waals surface area contributed by atoms with Gasteiger partial charge in [-0.1, -0.05) is 19.0 Å². The van der Waals surface area contributed by atoms with E-state index in [-0.39, 0.29) is 34.7 Å². The number of nitrogens with one attached hydrogen (secondary N) is 1. The molecule has 0 radical (unpaired) electrons. The van der Waals surface area contributed by atoms with Crippen LogP contribution >= 0.6 is 0 Å². The van der Waals surface area contributed by atoms with Crippen LogP contribution in [0.15, 0.2) is 27.6 Å². The van der Waals surface area contributed by atoms with Crippen LogP contribution in [0, 0.1) is 5.92 Å². The zero-order valence-electron chi connectivity index (χ0n) is 16.6. The summed E-state index contributed by atoms with van der Waals surface area (Å²) in [6.45, 7) is 7.24. The Labute approximate surface area is 164 Å². The fourth-order valence-corrected chi connectivity index (χ4v) is 3.84. The molecule has 154 valence electrons. The number of carbonyl (C=O) groups excluding carboxylic acids is 1. The van der Waals surface area contributed by atoms with Gasteiger partial charge in [0.15, 0.2) is 12.4 Å². The summed E-state index contributed by atoms with van der Waals surface area (Å²) in [5, 5.41) is 3.82. The molecule has 1 aromatic carbocycles. The normalized spacial score (nSPS) is 11.8. The summed E-state index contributed by atoms with van der Waals surface area (Å²) in [7, 11) is -2.50. The molecule has 28 heavy (non-hydrogen) atoms. The highest BCUT2D eigenvalue weighted by Gasteiger charge is 2.23. The minimum atomic E-state index is -3.86. The Bertz CT molecular complexity index is 921. The number of hydrogen-bond acceptors (Lipinski definition) is 8. The lowest BCUT2D eigenvalue weighted by atomic mass is 10.1. The Hall–Kier alpha value is -2.46. The van der Waals surface area contributed by atoms with Crippen LogP contribution in [0.3, 0.4) is 0 Å². The number of nitrogens with zero attached hydrogens (tertiary/aromatic N) is 2. The van der Waals surface area contributed by atoms with Gasteiger partial charge in [0.05, 0.1) is 12.7 Å². The molecule has 0 saturated heterocycles. The fraction of sp³-hybridized carbons (Fsp3) is 0.500. The zero-order chi connectivity index (χ0) is 20.9. The van der Waals surface area contributed by atoms with E-state index in [1.807, 2.05) is 13.8 Å². The third-order valence-electron chi connectivity index (χ3n) is 3.51. The third-order valence-corrected chi connectivity index (χ3v) is 5.19. The van der Waals surface area contributed by atoms with Crippen molar-refractivity contribution in [1.29, 1.82) is 0 Å². The van der Waals surface area contributed by atoms with Crippen LogP contribution in [-0.4, -0.2) is 37.7 Å². The minimum Gasteiger partial charge on any atom is -0.495 e. The standard InChI is InChI=1S/C18H25N3O6S/c1-11(2)8-16-19-17(27-20-16)10-26-18(22)13-6-7-14(25-5)15(9-13)28(23,24)21-12(3)4/h6-7,9,11-12,21H,8,10H2,1-5H3. The predicted molar refractivity (Wildman–Crippen MR) is 100 cm³/mol. The van der Waals surface area contributed by atoms with Gasteiger partial charge < -0.3 is 14.0 Å². The average molecular weight is 411 g/mol. The maximum Gasteiger partial charge on any atom is 0.338 e. The SMILES string of the molecule is COc1ccc(C(=O)OCc2nc(CC(C)C)no2)cc1S(=O)(=O)NC(C)C. The first-order valence-electron chi connectivity index (χ1n) is 8.81. The lowest BCUT2D eigenvalue weighted by molar-refractivity contribution is 0.0429. The number of benzene rings is 1. The maximum atomic E-state index is 12.5. The molecular formula is C18H25N3O6S. The summed E-state index contributed by atoms with van der Waals surface area (Å²) < 4.78 is 42.8. The topological polar surface area (TPSA) is 121 Å². The lowest BCUT2D eigenvalue weighted by Gasteiger charge is -2.13. The summed E-state index contributed by atoms with van der Waals surface area (Å²) in [6.07, 6.45) is 0.653. The number of esters is 1. The highest BCUT2D eigenvalue weighted by atomic mass is 32.2. The molecule has 0 amide bonds. The van der Waals surface area contributed by atoms with Crippen molar-refractivity contribution in [3.05, 3.63) is 35.5 Å². The van der Waals surface area contributed by atoms with Gasteiger partial charge in [-0.2, -0.15) is 4.98 Å². The monoisotopic (exact) mass is 411 g/mol. The van der Waals surface area contributed by atoms with Crippen LogP contribution in [0.25, 0.3) is 0 Å². The Balaban J connectivity index is 2.15. The molecule has 0 unspecified atom stereocenters. The molecule has 0 aliphatic heterocycles. The number of hydrogen-bond donors (Lipinski definition) is 1. The van der Waals surface area contributed by atoms with E-state index in [0.29, 0.717) is 18.2 Å². The molecule has 0 saturated carbocycles. The minimum absolute atomic E-state index is 0.0619. The van der Waals surface area contributed by atoms with Crippen molar-refractivity contribution in [2.75, 3.05) is 7.11 Å². The number of rotatable bonds is 9. The Morgan fingerprint density at radius 2 is 1.96 bits per heavy atom. The zero-order valence-corrected chi connectivity index (χ0v) is 17.4. The molecule has 1 aromatic heterocycles. The van der Waals surface area contributed by atoms with Gasteiger partial charge in [0.25, 0.3) is 5.89 Å². The highest BCUT2D eigenvalue weighted by Crippen LogP contribution is 2.25. The van der Waals surface area contributed by atoms with Gasteiger partial charge in [-0.25, -0.2) is 17.9 Å². The molecule has 0 aliphatic rings. The second kappa shape index (κ2) is 9.16. The molecule has 0 bridgehead atoms. The summed E-state index contributed by atoms with van der Waals surface area (Å²) >= 11 is 0. The van der Waals surface area contributed by atoms with Crippen molar-refractivity contribution in [3.8, 4) is 5.75 Å². The first-order valence-corrected chi connectivity index (χ1v) is 10.3. The van der Waals surface area contributed by atoms with E-state index in [0.717, 1.165) is 0 Å². The van der Waals surface area contributed by atoms with E-state index in [1.165, 1.54) is 25.3 Å². The summed E-state index contributed by atoms with van der Waals surface area (Å²) in [6, 6.07) is 3.72. The van der Waals surface area contributed by atoms with Gasteiger partial charge in [-0.15, -0.1) is 0 Å². The molecule has 10 heteroatoms. The molecule has 2 rings (SSSR count). The van der Waals surface area contributed by atoms with Crippen molar-refractivity contribution in [2.45, 2.75) is 51.7 Å². The fourth-order valence-electron chi connectivity index (χ4n) is 2.39. The van der Waals surface area contributed by atoms with Gasteiger partial charge in [0.2, 0.25) is 10.0 Å². The van der Waals surface area contributed by atoms with Gasteiger partial charge >= 0.3 is 5.97 Å². The van der Waals surface area contributed by atoms with Crippen LogP contribution in [-0.2, 0) is 27.8 Å². The highest BCUT2D eigenvalue weighted by molar-refractivity contribution is 7.89. The average Bonchev–Trinajstić information content (AvgIpc) is 3.04. The van der Waals surface area contributed by atoms with E-state index in [1.54, 1.807) is 13.8 Å². The van der Waals surface area contributed by atoms with Crippen molar-refractivity contribution >= 4 is 16.0 Å². The molecule has 1 N–H and O–H groups in total. The van der Waals surface area contributed by atoms with Crippen LogP contribution in [0.2, 0.25) is 0 Å². The molecule has 9 nitrogen and oxygen atoms in total. The van der Waals surface area contributed by atoms with Crippen molar-refractivity contribution < 1.29 is 27.2 Å². The first-order chi connectivity index (χ1) is 13.1. The van der Waals surface area contributed by atoms with E-state index in [2.05, 4.69) is 14.9 Å². The van der Waals surface area contributed by atoms with Crippen LogP contribution in [0.4, 0.5) is 0 Å². The van der Waals surface area contributed by atoms with E-state index in [9.17, 15) is 13.2 Å². The Morgan fingerprint density at radius 1 is 1.25 bits per heavy atom. The van der Waals surface area contributed by atoms with Gasteiger partial charge in [-0.3, -0.25) is 0 Å². The second-order valence-electron chi connectivity index (χ2n) is 6.92. The molecular weight excluding hydrogens is 386 g/mol. The van der Waals surface area contributed by atoms with Crippen LogP contribution in [0.1, 0.15) is 49.8 Å². The van der Waals surface area contributed by atoms with Crippen molar-refractivity contribution in [3.63, 3.8) is 0 Å². The number of ether oxygens (including phenoxy) is 2. The van der Waals surface area contributed by atoms with E-state index >= 15 is 0 Å². The number of sulfonamides is 1. The molecule has 0 spiro atoms. The largest absolute Gasteiger partial charge is 0.495 e. The lowest BCUT2D eigenvalue weighted by Crippen LogP contribution is -2.30. The summed E-state index contributed by atoms with van der Waals surface area (Å²) in [4.78, 5) is 16.3. The second-order valence-corrected chi connectivity index (χ2v) is 8.60. The van der Waals surface area contributed by atoms with Gasteiger partial charge in [0.1, 0.15) is 10.6 Å². The molecule has 0 atom stereocenters. The number of methoxy groups -OCH3 is 1. The smallest absolute Gasteiger partial charge is 0.338 e.